The molecule has 1 aromatic heterocycles. The van der Waals surface area contributed by atoms with Crippen molar-refractivity contribution in [1.29, 1.82) is 0 Å². The van der Waals surface area contributed by atoms with Gasteiger partial charge in [0.1, 0.15) is 5.75 Å². The van der Waals surface area contributed by atoms with Crippen LogP contribution in [0.1, 0.15) is 15.9 Å². The third kappa shape index (κ3) is 3.30. The molecule has 6 heteroatoms. The Morgan fingerprint density at radius 2 is 1.86 bits per heavy atom. The summed E-state index contributed by atoms with van der Waals surface area (Å²) in [5.74, 6) is 0.428. The van der Waals surface area contributed by atoms with Crippen LogP contribution >= 0.6 is 34.5 Å². The molecule has 0 amide bonds. The van der Waals surface area contributed by atoms with E-state index in [4.69, 9.17) is 27.9 Å². The van der Waals surface area contributed by atoms with Crippen molar-refractivity contribution in [2.75, 3.05) is 0 Å². The van der Waals surface area contributed by atoms with Gasteiger partial charge in [0.15, 0.2) is 5.78 Å². The fraction of sp³-hybridized carbons (Fsp3) is 0. The van der Waals surface area contributed by atoms with Gasteiger partial charge in [0.2, 0.25) is 0 Å². The molecule has 0 aliphatic heterocycles. The fourth-order valence-corrected chi connectivity index (χ4v) is 2.74. The molecule has 0 fully saturated rings. The van der Waals surface area contributed by atoms with Crippen molar-refractivity contribution in [2.45, 2.75) is 0 Å². The number of thiazole rings is 1. The van der Waals surface area contributed by atoms with Gasteiger partial charge in [0, 0.05) is 27.7 Å². The van der Waals surface area contributed by atoms with E-state index in [0.717, 1.165) is 0 Å². The molecule has 1 heterocycles. The number of hydrogen-bond acceptors (Lipinski definition) is 4. The van der Waals surface area contributed by atoms with Crippen molar-refractivity contribution >= 4 is 40.3 Å². The lowest BCUT2D eigenvalue weighted by molar-refractivity contribution is 0.103. The van der Waals surface area contributed by atoms with E-state index >= 15 is 0 Å². The van der Waals surface area contributed by atoms with Crippen LogP contribution in [0.3, 0.4) is 0 Å². The third-order valence-corrected chi connectivity index (χ3v) is 4.12. The van der Waals surface area contributed by atoms with Gasteiger partial charge in [0.25, 0.3) is 5.19 Å². The summed E-state index contributed by atoms with van der Waals surface area (Å²) in [5.41, 5.74) is 0.887. The Morgan fingerprint density at radius 1 is 1.09 bits per heavy atom. The maximum atomic E-state index is 12.5. The molecule has 0 bridgehead atoms. The van der Waals surface area contributed by atoms with Crippen molar-refractivity contribution in [3.63, 3.8) is 0 Å². The van der Waals surface area contributed by atoms with Crippen LogP contribution in [0.5, 0.6) is 10.9 Å². The predicted molar refractivity (Wildman–Crippen MR) is 88.5 cm³/mol. The molecular weight excluding hydrogens is 341 g/mol. The Bertz CT molecular complexity index is 802. The van der Waals surface area contributed by atoms with Crippen LogP contribution in [-0.2, 0) is 0 Å². The van der Waals surface area contributed by atoms with Crippen molar-refractivity contribution < 1.29 is 9.53 Å². The highest BCUT2D eigenvalue weighted by Gasteiger charge is 2.13. The molecule has 0 saturated carbocycles. The first-order valence-electron chi connectivity index (χ1n) is 6.30. The summed E-state index contributed by atoms with van der Waals surface area (Å²) in [5, 5.41) is 3.22. The zero-order chi connectivity index (χ0) is 15.5. The maximum Gasteiger partial charge on any atom is 0.278 e. The van der Waals surface area contributed by atoms with Gasteiger partial charge in [-0.1, -0.05) is 34.5 Å². The number of ketones is 1. The van der Waals surface area contributed by atoms with E-state index in [1.54, 1.807) is 48.7 Å². The van der Waals surface area contributed by atoms with Gasteiger partial charge >= 0.3 is 0 Å². The molecule has 0 spiro atoms. The molecule has 3 nitrogen and oxygen atoms in total. The van der Waals surface area contributed by atoms with Crippen molar-refractivity contribution in [1.82, 2.24) is 4.98 Å². The molecule has 0 N–H and O–H groups in total. The number of benzene rings is 2. The third-order valence-electron chi connectivity index (χ3n) is 2.90. The molecule has 0 aliphatic carbocycles. The van der Waals surface area contributed by atoms with E-state index < -0.39 is 0 Å². The smallest absolute Gasteiger partial charge is 0.278 e. The van der Waals surface area contributed by atoms with Crippen LogP contribution in [-0.4, -0.2) is 10.8 Å². The number of rotatable bonds is 4. The Balaban J connectivity index is 1.83. The second-order valence-electron chi connectivity index (χ2n) is 4.38. The van der Waals surface area contributed by atoms with Crippen LogP contribution in [0.2, 0.25) is 10.0 Å². The summed E-state index contributed by atoms with van der Waals surface area (Å²) in [6.45, 7) is 0. The van der Waals surface area contributed by atoms with Crippen LogP contribution in [0.15, 0.2) is 54.0 Å². The average molecular weight is 350 g/mol. The highest BCUT2D eigenvalue weighted by atomic mass is 35.5. The summed E-state index contributed by atoms with van der Waals surface area (Å²) in [6.07, 6.45) is 1.67. The first-order valence-corrected chi connectivity index (χ1v) is 7.94. The van der Waals surface area contributed by atoms with Crippen LogP contribution in [0, 0.1) is 0 Å². The molecule has 22 heavy (non-hydrogen) atoms. The van der Waals surface area contributed by atoms with E-state index in [9.17, 15) is 4.79 Å². The Hall–Kier alpha value is -1.88. The second-order valence-corrected chi connectivity index (χ2v) is 6.08. The number of nitrogens with zero attached hydrogens (tertiary/aromatic N) is 1. The number of hydrogen-bond donors (Lipinski definition) is 0. The van der Waals surface area contributed by atoms with Crippen LogP contribution in [0.25, 0.3) is 0 Å². The molecular formula is C16H9Cl2NO2S. The average Bonchev–Trinajstić information content (AvgIpc) is 3.03. The molecule has 0 aliphatic rings. The zero-order valence-corrected chi connectivity index (χ0v) is 13.5. The topological polar surface area (TPSA) is 39.2 Å². The van der Waals surface area contributed by atoms with Gasteiger partial charge in [-0.15, -0.1) is 0 Å². The highest BCUT2D eigenvalue weighted by molar-refractivity contribution is 7.11. The lowest BCUT2D eigenvalue weighted by Crippen LogP contribution is -2.02. The summed E-state index contributed by atoms with van der Waals surface area (Å²) in [7, 11) is 0. The van der Waals surface area contributed by atoms with Gasteiger partial charge in [-0.2, -0.15) is 0 Å². The molecule has 110 valence electrons. The highest BCUT2D eigenvalue weighted by Crippen LogP contribution is 2.26. The minimum atomic E-state index is -0.187. The van der Waals surface area contributed by atoms with Gasteiger partial charge in [-0.05, 0) is 42.5 Å². The summed E-state index contributed by atoms with van der Waals surface area (Å²) in [4.78, 5) is 16.5. The number of ether oxygens (including phenoxy) is 1. The molecule has 2 aromatic carbocycles. The normalized spacial score (nSPS) is 10.5. The monoisotopic (exact) mass is 349 g/mol. The first kappa shape index (κ1) is 15.0. The minimum Gasteiger partial charge on any atom is -0.431 e. The lowest BCUT2D eigenvalue weighted by Gasteiger charge is -2.06. The number of carbonyl (C=O) groups is 1. The molecule has 0 saturated heterocycles. The molecule has 0 atom stereocenters. The SMILES string of the molecule is O=C(c1ccc(Oc2nccs2)cc1)c1cc(Cl)ccc1Cl. The van der Waals surface area contributed by atoms with Gasteiger partial charge in [0.05, 0.1) is 5.02 Å². The van der Waals surface area contributed by atoms with E-state index in [1.165, 1.54) is 11.3 Å². The van der Waals surface area contributed by atoms with Crippen LogP contribution in [0.4, 0.5) is 0 Å². The van der Waals surface area contributed by atoms with E-state index in [2.05, 4.69) is 4.98 Å². The maximum absolute atomic E-state index is 12.5. The Kier molecular flexibility index (Phi) is 4.43. The molecule has 3 rings (SSSR count). The summed E-state index contributed by atoms with van der Waals surface area (Å²) >= 11 is 13.4. The number of halogens is 2. The van der Waals surface area contributed by atoms with E-state index in [-0.39, 0.29) is 5.78 Å². The van der Waals surface area contributed by atoms with Crippen molar-refractivity contribution in [2.24, 2.45) is 0 Å². The van der Waals surface area contributed by atoms with Crippen molar-refractivity contribution in [3.8, 4) is 10.9 Å². The lowest BCUT2D eigenvalue weighted by atomic mass is 10.0. The zero-order valence-electron chi connectivity index (χ0n) is 11.1. The number of carbonyl (C=O) groups excluding carboxylic acids is 1. The number of aromatic nitrogens is 1. The molecule has 0 unspecified atom stereocenters. The van der Waals surface area contributed by atoms with Crippen LogP contribution < -0.4 is 4.74 Å². The molecule has 3 aromatic rings. The van der Waals surface area contributed by atoms with Gasteiger partial charge in [-0.3, -0.25) is 4.79 Å². The first-order chi connectivity index (χ1) is 10.6. The Morgan fingerprint density at radius 3 is 2.55 bits per heavy atom. The largest absolute Gasteiger partial charge is 0.431 e. The van der Waals surface area contributed by atoms with E-state index in [1.807, 2.05) is 5.38 Å². The Labute approximate surface area is 141 Å². The standard InChI is InChI=1S/C16H9Cl2NO2S/c17-11-3-6-14(18)13(9-11)15(20)10-1-4-12(5-2-10)21-16-19-7-8-22-16/h1-9H. The van der Waals surface area contributed by atoms with E-state index in [0.29, 0.717) is 32.1 Å². The molecule has 0 radical (unpaired) electrons. The van der Waals surface area contributed by atoms with Gasteiger partial charge < -0.3 is 4.74 Å². The predicted octanol–water partition coefficient (Wildman–Crippen LogP) is 5.47. The van der Waals surface area contributed by atoms with Crippen molar-refractivity contribution in [3.05, 3.63) is 75.2 Å². The fourth-order valence-electron chi connectivity index (χ4n) is 1.86. The summed E-state index contributed by atoms with van der Waals surface area (Å²) < 4.78 is 5.55. The van der Waals surface area contributed by atoms with Gasteiger partial charge in [-0.25, -0.2) is 4.98 Å². The summed E-state index contributed by atoms with van der Waals surface area (Å²) in [6, 6.07) is 11.6. The quantitative estimate of drug-likeness (QED) is 0.586. The minimum absolute atomic E-state index is 0.187. The second kappa shape index (κ2) is 6.48.